The van der Waals surface area contributed by atoms with Crippen LogP contribution >= 0.6 is 11.6 Å². The number of nitrogens with two attached hydrogens (primary N) is 1. The normalized spacial score (nSPS) is 10.0. The zero-order valence-corrected chi connectivity index (χ0v) is 10.4. The minimum Gasteiger partial charge on any atom is -0.480 e. The first kappa shape index (κ1) is 14.9. The van der Waals surface area contributed by atoms with E-state index in [9.17, 15) is 18.8 Å². The van der Waals surface area contributed by atoms with Crippen LogP contribution in [0.4, 0.5) is 4.39 Å². The number of carboxylic acid groups (broad SMARTS) is 1. The SMILES string of the molecule is NC(=O)CN(CC(=O)O)C(=O)c1ccc(F)cc1Cl. The van der Waals surface area contributed by atoms with Gasteiger partial charge in [0.15, 0.2) is 0 Å². The third kappa shape index (κ3) is 4.22. The van der Waals surface area contributed by atoms with E-state index in [1.807, 2.05) is 0 Å². The highest BCUT2D eigenvalue weighted by molar-refractivity contribution is 6.33. The number of hydrogen-bond donors (Lipinski definition) is 2. The maximum Gasteiger partial charge on any atom is 0.323 e. The Labute approximate surface area is 112 Å². The highest BCUT2D eigenvalue weighted by Gasteiger charge is 2.22. The van der Waals surface area contributed by atoms with Crippen LogP contribution in [0.3, 0.4) is 0 Å². The summed E-state index contributed by atoms with van der Waals surface area (Å²) in [4.78, 5) is 34.1. The number of carbonyl (C=O) groups excluding carboxylic acids is 2. The van der Waals surface area contributed by atoms with E-state index >= 15 is 0 Å². The predicted octanol–water partition coefficient (Wildman–Crippen LogP) is 0.491. The van der Waals surface area contributed by atoms with Crippen molar-refractivity contribution in [1.29, 1.82) is 0 Å². The summed E-state index contributed by atoms with van der Waals surface area (Å²) in [5, 5.41) is 8.49. The van der Waals surface area contributed by atoms with E-state index in [1.165, 1.54) is 0 Å². The molecule has 0 atom stereocenters. The Morgan fingerprint density at radius 1 is 1.32 bits per heavy atom. The van der Waals surface area contributed by atoms with Crippen LogP contribution in [0.1, 0.15) is 10.4 Å². The van der Waals surface area contributed by atoms with E-state index in [1.54, 1.807) is 0 Å². The summed E-state index contributed by atoms with van der Waals surface area (Å²) < 4.78 is 12.9. The quantitative estimate of drug-likeness (QED) is 0.823. The van der Waals surface area contributed by atoms with Gasteiger partial charge >= 0.3 is 5.97 Å². The number of amides is 2. The molecule has 0 aliphatic heterocycles. The third-order valence-electron chi connectivity index (χ3n) is 2.12. The lowest BCUT2D eigenvalue weighted by Crippen LogP contribution is -2.41. The van der Waals surface area contributed by atoms with Crippen molar-refractivity contribution < 1.29 is 23.9 Å². The molecule has 0 unspecified atom stereocenters. The van der Waals surface area contributed by atoms with Crippen molar-refractivity contribution in [2.24, 2.45) is 5.73 Å². The standard InChI is InChI=1S/C11H10ClFN2O4/c12-8-3-6(13)1-2-7(8)11(19)15(4-9(14)16)5-10(17)18/h1-3H,4-5H2,(H2,14,16)(H,17,18). The van der Waals surface area contributed by atoms with E-state index in [2.05, 4.69) is 0 Å². The van der Waals surface area contributed by atoms with Crippen molar-refractivity contribution in [3.05, 3.63) is 34.6 Å². The fraction of sp³-hybridized carbons (Fsp3) is 0.182. The molecule has 1 rings (SSSR count). The minimum atomic E-state index is -1.31. The Balaban J connectivity index is 3.04. The molecule has 0 saturated carbocycles. The van der Waals surface area contributed by atoms with Gasteiger partial charge in [0.2, 0.25) is 5.91 Å². The number of carboxylic acids is 1. The average molecular weight is 289 g/mol. The number of rotatable bonds is 5. The second kappa shape index (κ2) is 6.14. The lowest BCUT2D eigenvalue weighted by Gasteiger charge is -2.19. The third-order valence-corrected chi connectivity index (χ3v) is 2.43. The van der Waals surface area contributed by atoms with Crippen molar-refractivity contribution in [3.8, 4) is 0 Å². The highest BCUT2D eigenvalue weighted by atomic mass is 35.5. The zero-order valence-electron chi connectivity index (χ0n) is 9.60. The first-order valence-corrected chi connectivity index (χ1v) is 5.43. The second-order valence-electron chi connectivity index (χ2n) is 3.65. The highest BCUT2D eigenvalue weighted by Crippen LogP contribution is 2.19. The summed E-state index contributed by atoms with van der Waals surface area (Å²) in [5.41, 5.74) is 4.82. The molecule has 1 aromatic rings. The predicted molar refractivity (Wildman–Crippen MR) is 64.1 cm³/mol. The van der Waals surface area contributed by atoms with Crippen LogP contribution < -0.4 is 5.73 Å². The van der Waals surface area contributed by atoms with Gasteiger partial charge in [-0.2, -0.15) is 0 Å². The number of halogens is 2. The Bertz CT molecular complexity index is 519. The first-order chi connectivity index (χ1) is 8.81. The lowest BCUT2D eigenvalue weighted by atomic mass is 10.2. The molecule has 19 heavy (non-hydrogen) atoms. The monoisotopic (exact) mass is 288 g/mol. The molecule has 0 aromatic heterocycles. The summed E-state index contributed by atoms with van der Waals surface area (Å²) in [7, 11) is 0. The van der Waals surface area contributed by atoms with Crippen LogP contribution in [0.25, 0.3) is 0 Å². The molecule has 1 aromatic carbocycles. The van der Waals surface area contributed by atoms with Gasteiger partial charge in [-0.15, -0.1) is 0 Å². The second-order valence-corrected chi connectivity index (χ2v) is 4.05. The van der Waals surface area contributed by atoms with Crippen LogP contribution in [-0.4, -0.2) is 40.9 Å². The summed E-state index contributed by atoms with van der Waals surface area (Å²) in [6.07, 6.45) is 0. The molecule has 102 valence electrons. The van der Waals surface area contributed by atoms with E-state index in [0.29, 0.717) is 4.90 Å². The maximum absolute atomic E-state index is 12.9. The lowest BCUT2D eigenvalue weighted by molar-refractivity contribution is -0.138. The van der Waals surface area contributed by atoms with E-state index in [-0.39, 0.29) is 10.6 Å². The summed E-state index contributed by atoms with van der Waals surface area (Å²) in [5.74, 6) is -3.63. The molecule has 8 heteroatoms. The molecule has 0 bridgehead atoms. The fourth-order valence-electron chi connectivity index (χ4n) is 1.38. The maximum atomic E-state index is 12.9. The molecular weight excluding hydrogens is 279 g/mol. The Morgan fingerprint density at radius 3 is 2.42 bits per heavy atom. The van der Waals surface area contributed by atoms with Gasteiger partial charge in [-0.3, -0.25) is 14.4 Å². The van der Waals surface area contributed by atoms with Gasteiger partial charge < -0.3 is 15.7 Å². The molecule has 6 nitrogen and oxygen atoms in total. The Kier molecular flexibility index (Phi) is 4.82. The first-order valence-electron chi connectivity index (χ1n) is 5.05. The Hall–Kier alpha value is -2.15. The van der Waals surface area contributed by atoms with E-state index in [4.69, 9.17) is 22.4 Å². The molecule has 0 heterocycles. The molecular formula is C11H10ClFN2O4. The summed E-state index contributed by atoms with van der Waals surface area (Å²) >= 11 is 5.69. The topological polar surface area (TPSA) is 101 Å². The average Bonchev–Trinajstić information content (AvgIpc) is 2.26. The summed E-state index contributed by atoms with van der Waals surface area (Å²) in [6.45, 7) is -1.28. The number of aliphatic carboxylic acids is 1. The van der Waals surface area contributed by atoms with E-state index in [0.717, 1.165) is 18.2 Å². The molecule has 0 aliphatic rings. The molecule has 2 amide bonds. The van der Waals surface area contributed by atoms with Crippen molar-refractivity contribution in [2.45, 2.75) is 0 Å². The number of nitrogens with zero attached hydrogens (tertiary/aromatic N) is 1. The fourth-order valence-corrected chi connectivity index (χ4v) is 1.63. The van der Waals surface area contributed by atoms with Gasteiger partial charge in [0.1, 0.15) is 18.9 Å². The number of carbonyl (C=O) groups is 3. The molecule has 0 fully saturated rings. The Morgan fingerprint density at radius 2 is 1.95 bits per heavy atom. The number of primary amides is 1. The van der Waals surface area contributed by atoms with Crippen molar-refractivity contribution in [1.82, 2.24) is 4.90 Å². The largest absolute Gasteiger partial charge is 0.480 e. The van der Waals surface area contributed by atoms with Crippen LogP contribution in [0.15, 0.2) is 18.2 Å². The van der Waals surface area contributed by atoms with Gasteiger partial charge in [-0.25, -0.2) is 4.39 Å². The van der Waals surface area contributed by atoms with Crippen LogP contribution in [0.2, 0.25) is 5.02 Å². The number of benzene rings is 1. The van der Waals surface area contributed by atoms with E-state index < -0.39 is 36.7 Å². The number of hydrogen-bond acceptors (Lipinski definition) is 3. The minimum absolute atomic E-state index is 0.106. The molecule has 0 aliphatic carbocycles. The zero-order chi connectivity index (χ0) is 14.6. The van der Waals surface area contributed by atoms with Gasteiger partial charge in [0.05, 0.1) is 10.6 Å². The molecule has 0 spiro atoms. The van der Waals surface area contributed by atoms with Crippen LogP contribution in [0, 0.1) is 5.82 Å². The van der Waals surface area contributed by atoms with Gasteiger partial charge in [-0.05, 0) is 18.2 Å². The van der Waals surface area contributed by atoms with Gasteiger partial charge in [0, 0.05) is 0 Å². The molecule has 0 saturated heterocycles. The smallest absolute Gasteiger partial charge is 0.323 e. The van der Waals surface area contributed by atoms with Crippen molar-refractivity contribution in [3.63, 3.8) is 0 Å². The summed E-state index contributed by atoms with van der Waals surface area (Å²) in [6, 6.07) is 3.02. The van der Waals surface area contributed by atoms with Gasteiger partial charge in [0.25, 0.3) is 5.91 Å². The van der Waals surface area contributed by atoms with Crippen LogP contribution in [-0.2, 0) is 9.59 Å². The molecule has 0 radical (unpaired) electrons. The molecule has 3 N–H and O–H groups in total. The van der Waals surface area contributed by atoms with Crippen LogP contribution in [0.5, 0.6) is 0 Å². The van der Waals surface area contributed by atoms with Gasteiger partial charge in [-0.1, -0.05) is 11.6 Å². The van der Waals surface area contributed by atoms with Crippen molar-refractivity contribution in [2.75, 3.05) is 13.1 Å². The van der Waals surface area contributed by atoms with Crippen molar-refractivity contribution >= 4 is 29.4 Å².